The summed E-state index contributed by atoms with van der Waals surface area (Å²) in [6.07, 6.45) is 10.2. The van der Waals surface area contributed by atoms with Crippen molar-refractivity contribution in [3.8, 4) is 5.75 Å². The van der Waals surface area contributed by atoms with Crippen molar-refractivity contribution < 1.29 is 14.2 Å². The quantitative estimate of drug-likeness (QED) is 0.299. The fourth-order valence-electron chi connectivity index (χ4n) is 2.84. The van der Waals surface area contributed by atoms with Crippen LogP contribution in [0.15, 0.2) is 54.3 Å². The second kappa shape index (κ2) is 10.0. The molecule has 3 nitrogen and oxygen atoms in total. The second-order valence-electron chi connectivity index (χ2n) is 5.88. The van der Waals surface area contributed by atoms with Crippen LogP contribution in [0.2, 0.25) is 0 Å². The number of hydrogen-bond donors (Lipinski definition) is 0. The predicted molar refractivity (Wildman–Crippen MR) is 101 cm³/mol. The standard InChI is InChI=1S/C20H27BrO3/c1-3-9-17-16-19(24-18-10-5-4-6-11-18)12-13-20(17,22-2)23-15-8-7-14-21/h4-6,10-13,16-17H,3,7-9,14-15H2,1-2H3. The van der Waals surface area contributed by atoms with Gasteiger partial charge in [0.05, 0.1) is 6.61 Å². The molecule has 0 saturated carbocycles. The molecule has 1 aliphatic rings. The number of ether oxygens (including phenoxy) is 3. The summed E-state index contributed by atoms with van der Waals surface area (Å²) >= 11 is 3.46. The molecule has 1 aliphatic carbocycles. The van der Waals surface area contributed by atoms with Gasteiger partial charge < -0.3 is 14.2 Å². The van der Waals surface area contributed by atoms with Gasteiger partial charge in [0, 0.05) is 18.4 Å². The summed E-state index contributed by atoms with van der Waals surface area (Å²) in [6, 6.07) is 9.84. The van der Waals surface area contributed by atoms with E-state index in [9.17, 15) is 0 Å². The predicted octanol–water partition coefficient (Wildman–Crippen LogP) is 5.47. The number of para-hydroxylation sites is 1. The lowest BCUT2D eigenvalue weighted by Gasteiger charge is -2.38. The van der Waals surface area contributed by atoms with Crippen molar-refractivity contribution in [3.05, 3.63) is 54.3 Å². The van der Waals surface area contributed by atoms with Gasteiger partial charge in [-0.1, -0.05) is 47.5 Å². The number of halogens is 1. The highest BCUT2D eigenvalue weighted by Crippen LogP contribution is 2.35. The first kappa shape index (κ1) is 19.2. The topological polar surface area (TPSA) is 27.7 Å². The summed E-state index contributed by atoms with van der Waals surface area (Å²) < 4.78 is 17.9. The van der Waals surface area contributed by atoms with Crippen LogP contribution in [0, 0.1) is 5.92 Å². The minimum absolute atomic E-state index is 0.139. The molecular formula is C20H27BrO3. The fourth-order valence-corrected chi connectivity index (χ4v) is 3.24. The minimum Gasteiger partial charge on any atom is -0.458 e. The molecule has 2 rings (SSSR count). The Hall–Kier alpha value is -1.10. The molecule has 1 aromatic rings. The molecule has 0 bridgehead atoms. The molecule has 0 amide bonds. The maximum Gasteiger partial charge on any atom is 0.194 e. The van der Waals surface area contributed by atoms with Crippen molar-refractivity contribution in [3.63, 3.8) is 0 Å². The first-order valence-electron chi connectivity index (χ1n) is 8.63. The van der Waals surface area contributed by atoms with Crippen molar-refractivity contribution in [2.24, 2.45) is 5.92 Å². The van der Waals surface area contributed by atoms with Gasteiger partial charge >= 0.3 is 0 Å². The molecule has 4 heteroatoms. The number of alkyl halides is 1. The molecule has 2 unspecified atom stereocenters. The third-order valence-electron chi connectivity index (χ3n) is 4.12. The maximum absolute atomic E-state index is 6.16. The van der Waals surface area contributed by atoms with Gasteiger partial charge in [-0.05, 0) is 49.6 Å². The molecule has 0 aliphatic heterocycles. The molecule has 0 radical (unpaired) electrons. The number of allylic oxidation sites excluding steroid dienone is 1. The normalized spacial score (nSPS) is 23.1. The number of unbranched alkanes of at least 4 members (excludes halogenated alkanes) is 1. The molecule has 0 aromatic heterocycles. The van der Waals surface area contributed by atoms with Gasteiger partial charge in [0.1, 0.15) is 11.5 Å². The van der Waals surface area contributed by atoms with E-state index in [1.165, 1.54) is 0 Å². The fraction of sp³-hybridized carbons (Fsp3) is 0.500. The molecule has 24 heavy (non-hydrogen) atoms. The van der Waals surface area contributed by atoms with Crippen molar-refractivity contribution in [2.45, 2.75) is 38.4 Å². The zero-order valence-corrected chi connectivity index (χ0v) is 16.1. The van der Waals surface area contributed by atoms with E-state index in [0.29, 0.717) is 6.61 Å². The zero-order chi connectivity index (χ0) is 17.3. The Morgan fingerprint density at radius 1 is 1.17 bits per heavy atom. The van der Waals surface area contributed by atoms with E-state index in [-0.39, 0.29) is 5.92 Å². The summed E-state index contributed by atoms with van der Waals surface area (Å²) in [5.41, 5.74) is 0. The van der Waals surface area contributed by atoms with Crippen molar-refractivity contribution in [1.29, 1.82) is 0 Å². The Balaban J connectivity index is 2.09. The van der Waals surface area contributed by atoms with Gasteiger partial charge in [-0.15, -0.1) is 0 Å². The Bertz CT molecular complexity index is 541. The van der Waals surface area contributed by atoms with Crippen LogP contribution in [0.1, 0.15) is 32.6 Å². The van der Waals surface area contributed by atoms with E-state index in [2.05, 4.69) is 28.9 Å². The van der Waals surface area contributed by atoms with Gasteiger partial charge in [-0.2, -0.15) is 0 Å². The molecule has 0 fully saturated rings. The van der Waals surface area contributed by atoms with Gasteiger partial charge in [0.15, 0.2) is 5.79 Å². The van der Waals surface area contributed by atoms with Gasteiger partial charge in [-0.25, -0.2) is 0 Å². The van der Waals surface area contributed by atoms with Gasteiger partial charge in [0.2, 0.25) is 0 Å². The molecule has 2 atom stereocenters. The monoisotopic (exact) mass is 394 g/mol. The Morgan fingerprint density at radius 3 is 2.62 bits per heavy atom. The molecule has 0 saturated heterocycles. The summed E-state index contributed by atoms with van der Waals surface area (Å²) in [5.74, 6) is 1.13. The smallest absolute Gasteiger partial charge is 0.194 e. The molecule has 0 spiro atoms. The lowest BCUT2D eigenvalue weighted by Crippen LogP contribution is -2.42. The third kappa shape index (κ3) is 5.20. The lowest BCUT2D eigenvalue weighted by molar-refractivity contribution is -0.214. The zero-order valence-electron chi connectivity index (χ0n) is 14.5. The number of methoxy groups -OCH3 is 1. The molecule has 0 heterocycles. The van der Waals surface area contributed by atoms with Gasteiger partial charge in [-0.3, -0.25) is 0 Å². The summed E-state index contributed by atoms with van der Waals surface area (Å²) in [5, 5.41) is 1.000. The summed E-state index contributed by atoms with van der Waals surface area (Å²) in [4.78, 5) is 0. The largest absolute Gasteiger partial charge is 0.458 e. The first-order valence-corrected chi connectivity index (χ1v) is 9.75. The first-order chi connectivity index (χ1) is 11.7. The molecular weight excluding hydrogens is 368 g/mol. The molecule has 132 valence electrons. The average Bonchev–Trinajstić information content (AvgIpc) is 2.62. The highest BCUT2D eigenvalue weighted by molar-refractivity contribution is 9.09. The Morgan fingerprint density at radius 2 is 1.96 bits per heavy atom. The molecule has 1 aromatic carbocycles. The van der Waals surface area contributed by atoms with Crippen molar-refractivity contribution in [2.75, 3.05) is 19.0 Å². The van der Waals surface area contributed by atoms with Crippen LogP contribution in [-0.4, -0.2) is 24.8 Å². The SMILES string of the molecule is CCCC1C=C(Oc2ccccc2)C=CC1(OC)OCCCCBr. The van der Waals surface area contributed by atoms with Crippen LogP contribution >= 0.6 is 15.9 Å². The van der Waals surface area contributed by atoms with Crippen molar-refractivity contribution >= 4 is 15.9 Å². The second-order valence-corrected chi connectivity index (χ2v) is 6.68. The highest BCUT2D eigenvalue weighted by Gasteiger charge is 2.38. The van der Waals surface area contributed by atoms with E-state index in [1.54, 1.807) is 7.11 Å². The van der Waals surface area contributed by atoms with Gasteiger partial charge in [0.25, 0.3) is 0 Å². The van der Waals surface area contributed by atoms with Crippen LogP contribution < -0.4 is 4.74 Å². The van der Waals surface area contributed by atoms with E-state index in [1.807, 2.05) is 42.5 Å². The summed E-state index contributed by atoms with van der Waals surface area (Å²) in [7, 11) is 1.72. The van der Waals surface area contributed by atoms with E-state index >= 15 is 0 Å². The molecule has 0 N–H and O–H groups in total. The maximum atomic E-state index is 6.16. The lowest BCUT2D eigenvalue weighted by atomic mass is 9.88. The third-order valence-corrected chi connectivity index (χ3v) is 4.68. The van der Waals surface area contributed by atoms with Crippen LogP contribution in [0.25, 0.3) is 0 Å². The summed E-state index contributed by atoms with van der Waals surface area (Å²) in [6.45, 7) is 2.86. The van der Waals surface area contributed by atoms with Crippen molar-refractivity contribution in [1.82, 2.24) is 0 Å². The van der Waals surface area contributed by atoms with E-state index < -0.39 is 5.79 Å². The average molecular weight is 395 g/mol. The minimum atomic E-state index is -0.689. The van der Waals surface area contributed by atoms with Crippen LogP contribution in [0.4, 0.5) is 0 Å². The Kier molecular flexibility index (Phi) is 8.03. The number of benzene rings is 1. The number of rotatable bonds is 10. The van der Waals surface area contributed by atoms with Crippen LogP contribution in [0.3, 0.4) is 0 Å². The number of hydrogen-bond acceptors (Lipinski definition) is 3. The Labute approximate surface area is 153 Å². The van der Waals surface area contributed by atoms with E-state index in [4.69, 9.17) is 14.2 Å². The van der Waals surface area contributed by atoms with Crippen LogP contribution in [0.5, 0.6) is 5.75 Å². The van der Waals surface area contributed by atoms with Crippen LogP contribution in [-0.2, 0) is 9.47 Å². The van der Waals surface area contributed by atoms with E-state index in [0.717, 1.165) is 42.5 Å². The highest BCUT2D eigenvalue weighted by atomic mass is 79.9.